The number of carbonyl (C=O) groups excluding carboxylic acids is 3. The molecule has 3 aliphatic heterocycles. The summed E-state index contributed by atoms with van der Waals surface area (Å²) in [6, 6.07) is 16.6. The van der Waals surface area contributed by atoms with Gasteiger partial charge in [-0.05, 0) is 50.3 Å². The molecule has 4 heterocycles. The lowest BCUT2D eigenvalue weighted by Crippen LogP contribution is -2.54. The SMILES string of the molecule is C[C@]12CCC3(S1)C(C(=O)NCn1nnc4ccccc41)N(CCCCCCO)C(=O)[C@@H]3[C@H]2C(=O)NCc1ccccc1. The van der Waals surface area contributed by atoms with Gasteiger partial charge in [-0.3, -0.25) is 14.4 Å². The summed E-state index contributed by atoms with van der Waals surface area (Å²) in [4.78, 5) is 43.8. The molecule has 3 fully saturated rings. The summed E-state index contributed by atoms with van der Waals surface area (Å²) in [6.07, 6.45) is 4.64. The molecule has 0 saturated carbocycles. The van der Waals surface area contributed by atoms with Crippen molar-refractivity contribution in [1.82, 2.24) is 30.5 Å². The summed E-state index contributed by atoms with van der Waals surface area (Å²) in [7, 11) is 0. The zero-order valence-electron chi connectivity index (χ0n) is 23.9. The van der Waals surface area contributed by atoms with E-state index in [4.69, 9.17) is 5.11 Å². The Hall–Kier alpha value is -3.44. The van der Waals surface area contributed by atoms with Crippen LogP contribution in [0.3, 0.4) is 0 Å². The topological polar surface area (TPSA) is 129 Å². The molecule has 1 spiro atoms. The molecule has 2 aromatic carbocycles. The van der Waals surface area contributed by atoms with E-state index in [-0.39, 0.29) is 31.0 Å². The van der Waals surface area contributed by atoms with Crippen LogP contribution in [-0.4, -0.2) is 71.4 Å². The van der Waals surface area contributed by atoms with Gasteiger partial charge < -0.3 is 20.6 Å². The fraction of sp³-hybridized carbons (Fsp3) is 0.516. The molecule has 0 radical (unpaired) electrons. The number of unbranched alkanes of at least 4 members (excludes halogenated alkanes) is 3. The van der Waals surface area contributed by atoms with Crippen LogP contribution in [0.15, 0.2) is 54.6 Å². The number of aliphatic hydroxyl groups is 1. The number of carbonyl (C=O) groups is 3. The number of hydrogen-bond donors (Lipinski definition) is 3. The minimum Gasteiger partial charge on any atom is -0.396 e. The highest BCUT2D eigenvalue weighted by Gasteiger charge is 2.76. The Morgan fingerprint density at radius 3 is 2.57 bits per heavy atom. The highest BCUT2D eigenvalue weighted by molar-refractivity contribution is 8.02. The Kier molecular flexibility index (Phi) is 7.97. The largest absolute Gasteiger partial charge is 0.396 e. The van der Waals surface area contributed by atoms with Crippen molar-refractivity contribution >= 4 is 40.5 Å². The number of benzene rings is 2. The maximum atomic E-state index is 14.2. The number of nitrogens with one attached hydrogen (secondary N) is 2. The van der Waals surface area contributed by atoms with E-state index in [1.54, 1.807) is 21.3 Å². The van der Waals surface area contributed by atoms with Crippen LogP contribution in [0.1, 0.15) is 51.0 Å². The van der Waals surface area contributed by atoms with Gasteiger partial charge in [-0.1, -0.05) is 60.5 Å². The number of para-hydroxylation sites is 1. The molecule has 3 amide bonds. The van der Waals surface area contributed by atoms with Crippen molar-refractivity contribution in [3.05, 3.63) is 60.2 Å². The van der Waals surface area contributed by atoms with Gasteiger partial charge >= 0.3 is 0 Å². The van der Waals surface area contributed by atoms with Gasteiger partial charge in [-0.2, -0.15) is 0 Å². The number of thioether (sulfide) groups is 1. The fourth-order valence-corrected chi connectivity index (χ4v) is 9.65. The van der Waals surface area contributed by atoms with Crippen LogP contribution in [0.5, 0.6) is 0 Å². The number of hydrogen-bond acceptors (Lipinski definition) is 7. The summed E-state index contributed by atoms with van der Waals surface area (Å²) >= 11 is 1.68. The number of amides is 3. The Labute approximate surface area is 249 Å². The zero-order valence-corrected chi connectivity index (χ0v) is 24.7. The first-order valence-electron chi connectivity index (χ1n) is 14.9. The quantitative estimate of drug-likeness (QED) is 0.277. The maximum Gasteiger partial charge on any atom is 0.245 e. The molecule has 42 heavy (non-hydrogen) atoms. The molecule has 2 bridgehead atoms. The van der Waals surface area contributed by atoms with Gasteiger partial charge in [0.2, 0.25) is 17.7 Å². The Morgan fingerprint density at radius 1 is 1.00 bits per heavy atom. The first kappa shape index (κ1) is 28.7. The average molecular weight is 591 g/mol. The molecule has 3 aromatic rings. The minimum absolute atomic E-state index is 0.0979. The molecular weight excluding hydrogens is 552 g/mol. The van der Waals surface area contributed by atoms with Gasteiger partial charge in [0, 0.05) is 24.4 Å². The molecule has 3 aliphatic rings. The Bertz CT molecular complexity index is 1470. The van der Waals surface area contributed by atoms with E-state index in [0.29, 0.717) is 25.9 Å². The van der Waals surface area contributed by atoms with Gasteiger partial charge in [0.1, 0.15) is 18.2 Å². The van der Waals surface area contributed by atoms with Crippen LogP contribution in [0.2, 0.25) is 0 Å². The molecule has 11 heteroatoms. The Balaban J connectivity index is 1.25. The lowest BCUT2D eigenvalue weighted by Gasteiger charge is -2.34. The third kappa shape index (κ3) is 4.96. The average Bonchev–Trinajstić information content (AvgIpc) is 3.71. The molecule has 3 N–H and O–H groups in total. The number of aliphatic hydroxyl groups excluding tert-OH is 1. The van der Waals surface area contributed by atoms with Crippen molar-refractivity contribution in [2.75, 3.05) is 13.2 Å². The monoisotopic (exact) mass is 590 g/mol. The first-order chi connectivity index (χ1) is 20.4. The zero-order chi connectivity index (χ0) is 29.3. The Morgan fingerprint density at radius 2 is 1.76 bits per heavy atom. The molecule has 222 valence electrons. The number of rotatable bonds is 12. The molecule has 10 nitrogen and oxygen atoms in total. The molecule has 0 aliphatic carbocycles. The minimum atomic E-state index is -0.679. The third-order valence-corrected chi connectivity index (χ3v) is 11.2. The van der Waals surface area contributed by atoms with Gasteiger partial charge in [0.05, 0.1) is 22.1 Å². The highest BCUT2D eigenvalue weighted by atomic mass is 32.2. The predicted molar refractivity (Wildman–Crippen MR) is 160 cm³/mol. The lowest BCUT2D eigenvalue weighted by molar-refractivity contribution is -0.140. The highest BCUT2D eigenvalue weighted by Crippen LogP contribution is 2.71. The first-order valence-corrected chi connectivity index (χ1v) is 15.7. The second-order valence-corrected chi connectivity index (χ2v) is 13.8. The molecule has 3 saturated heterocycles. The predicted octanol–water partition coefficient (Wildman–Crippen LogP) is 2.86. The molecule has 2 unspecified atom stereocenters. The van der Waals surface area contributed by atoms with Gasteiger partial charge in [-0.15, -0.1) is 16.9 Å². The van der Waals surface area contributed by atoms with E-state index in [1.807, 2.05) is 54.6 Å². The van der Waals surface area contributed by atoms with Crippen molar-refractivity contribution in [2.45, 2.75) is 74.2 Å². The summed E-state index contributed by atoms with van der Waals surface area (Å²) in [5.74, 6) is -1.51. The van der Waals surface area contributed by atoms with E-state index >= 15 is 0 Å². The molecule has 6 rings (SSSR count). The lowest BCUT2D eigenvalue weighted by atomic mass is 9.66. The van der Waals surface area contributed by atoms with Crippen molar-refractivity contribution in [1.29, 1.82) is 0 Å². The van der Waals surface area contributed by atoms with Crippen LogP contribution in [0, 0.1) is 11.8 Å². The number of aromatic nitrogens is 3. The van der Waals surface area contributed by atoms with Gasteiger partial charge in [0.15, 0.2) is 0 Å². The van der Waals surface area contributed by atoms with Crippen molar-refractivity contribution in [3.8, 4) is 0 Å². The molecular formula is C31H38N6O4S. The van der Waals surface area contributed by atoms with Crippen molar-refractivity contribution in [3.63, 3.8) is 0 Å². The van der Waals surface area contributed by atoms with E-state index in [9.17, 15) is 14.4 Å². The molecule has 5 atom stereocenters. The number of likely N-dealkylation sites (tertiary alicyclic amines) is 1. The van der Waals surface area contributed by atoms with Gasteiger partial charge in [0.25, 0.3) is 0 Å². The van der Waals surface area contributed by atoms with E-state index < -0.39 is 27.4 Å². The summed E-state index contributed by atoms with van der Waals surface area (Å²) < 4.78 is 0.563. The smallest absolute Gasteiger partial charge is 0.245 e. The van der Waals surface area contributed by atoms with Crippen LogP contribution in [0.25, 0.3) is 11.0 Å². The van der Waals surface area contributed by atoms with Crippen LogP contribution in [-0.2, 0) is 27.6 Å². The van der Waals surface area contributed by atoms with E-state index in [1.165, 1.54) is 0 Å². The number of nitrogens with zero attached hydrogens (tertiary/aromatic N) is 4. The maximum absolute atomic E-state index is 14.2. The second-order valence-electron chi connectivity index (χ2n) is 11.9. The second kappa shape index (κ2) is 11.7. The van der Waals surface area contributed by atoms with Crippen molar-refractivity contribution in [2.24, 2.45) is 11.8 Å². The van der Waals surface area contributed by atoms with E-state index in [0.717, 1.165) is 42.3 Å². The van der Waals surface area contributed by atoms with Crippen LogP contribution in [0.4, 0.5) is 0 Å². The van der Waals surface area contributed by atoms with Crippen molar-refractivity contribution < 1.29 is 19.5 Å². The fourth-order valence-electron chi connectivity index (χ4n) is 7.29. The summed E-state index contributed by atoms with van der Waals surface area (Å²) in [5.41, 5.74) is 2.56. The summed E-state index contributed by atoms with van der Waals surface area (Å²) in [6.45, 7) is 3.21. The molecule has 1 aromatic heterocycles. The van der Waals surface area contributed by atoms with Crippen LogP contribution < -0.4 is 10.6 Å². The summed E-state index contributed by atoms with van der Waals surface area (Å²) in [5, 5.41) is 23.7. The van der Waals surface area contributed by atoms with E-state index in [2.05, 4.69) is 27.9 Å². The van der Waals surface area contributed by atoms with Crippen LogP contribution >= 0.6 is 11.8 Å². The standard InChI is InChI=1S/C31H38N6O4S/c1-30-15-16-31(42-30)25(24(30)27(39)32-19-21-11-5-4-6-12-21)29(41)36(17-9-2-3-10-18-38)26(31)28(40)33-20-37-23-14-8-7-13-22(23)34-35-37/h4-8,11-14,24-26,38H,2-3,9-10,15-20H2,1H3,(H,32,39)(H,33,40)/t24-,25-,26?,30+,31?/m0/s1. The van der Waals surface area contributed by atoms with Gasteiger partial charge in [-0.25, -0.2) is 4.68 Å². The number of fused-ring (bicyclic) bond motifs is 2. The third-order valence-electron chi connectivity index (χ3n) is 9.25. The normalized spacial score (nSPS) is 27.9.